The quantitative estimate of drug-likeness (QED) is 0.915. The van der Waals surface area contributed by atoms with E-state index in [0.717, 1.165) is 9.35 Å². The number of carbonyl (C=O) groups excluding carboxylic acids is 1. The smallest absolute Gasteiger partial charge is 0.222 e. The second kappa shape index (κ2) is 5.92. The van der Waals surface area contributed by atoms with Crippen LogP contribution in [0.3, 0.4) is 0 Å². The Morgan fingerprint density at radius 2 is 2.47 bits per heavy atom. The van der Waals surface area contributed by atoms with E-state index in [-0.39, 0.29) is 5.91 Å². The summed E-state index contributed by atoms with van der Waals surface area (Å²) in [6, 6.07) is 1.97. The van der Waals surface area contributed by atoms with Crippen molar-refractivity contribution in [2.45, 2.75) is 19.5 Å². The normalized spacial score (nSPS) is 10.4. The van der Waals surface area contributed by atoms with Crippen molar-refractivity contribution in [1.82, 2.24) is 20.1 Å². The first-order valence-electron chi connectivity index (χ1n) is 5.06. The average Bonchev–Trinajstić information content (AvgIpc) is 2.95. The first-order valence-corrected chi connectivity index (χ1v) is 6.74. The summed E-state index contributed by atoms with van der Waals surface area (Å²) in [6.07, 6.45) is 3.47. The highest BCUT2D eigenvalue weighted by molar-refractivity contribution is 9.10. The van der Waals surface area contributed by atoms with Gasteiger partial charge >= 0.3 is 0 Å². The molecule has 17 heavy (non-hydrogen) atoms. The number of rotatable bonds is 5. The lowest BCUT2D eigenvalue weighted by Crippen LogP contribution is -2.23. The van der Waals surface area contributed by atoms with Gasteiger partial charge in [-0.3, -0.25) is 9.48 Å². The molecule has 0 fully saturated rings. The van der Waals surface area contributed by atoms with Crippen molar-refractivity contribution in [3.05, 3.63) is 33.5 Å². The van der Waals surface area contributed by atoms with Crippen LogP contribution in [0.5, 0.6) is 0 Å². The Morgan fingerprint density at radius 3 is 3.12 bits per heavy atom. The van der Waals surface area contributed by atoms with E-state index in [0.29, 0.717) is 19.5 Å². The maximum Gasteiger partial charge on any atom is 0.222 e. The van der Waals surface area contributed by atoms with Crippen LogP contribution in [0.2, 0.25) is 0 Å². The molecule has 5 nitrogen and oxygen atoms in total. The fraction of sp³-hybridized carbons (Fsp3) is 0.300. The molecule has 0 unspecified atom stereocenters. The highest BCUT2D eigenvalue weighted by atomic mass is 79.9. The zero-order valence-corrected chi connectivity index (χ0v) is 11.4. The van der Waals surface area contributed by atoms with Gasteiger partial charge in [0, 0.05) is 15.8 Å². The van der Waals surface area contributed by atoms with Crippen LogP contribution in [0, 0.1) is 0 Å². The molecule has 90 valence electrons. The second-order valence-electron chi connectivity index (χ2n) is 3.38. The molecule has 1 amide bonds. The Morgan fingerprint density at radius 1 is 1.59 bits per heavy atom. The summed E-state index contributed by atoms with van der Waals surface area (Å²) in [5.74, 6) is 0.0146. The molecule has 0 aliphatic heterocycles. The number of nitrogens with one attached hydrogen (secondary N) is 1. The molecule has 0 radical (unpaired) electrons. The van der Waals surface area contributed by atoms with Crippen LogP contribution >= 0.6 is 27.3 Å². The van der Waals surface area contributed by atoms with Crippen LogP contribution < -0.4 is 5.32 Å². The lowest BCUT2D eigenvalue weighted by atomic mass is 10.4. The van der Waals surface area contributed by atoms with Crippen LogP contribution in [0.1, 0.15) is 11.3 Å². The molecule has 0 atom stereocenters. The van der Waals surface area contributed by atoms with E-state index < -0.39 is 0 Å². The summed E-state index contributed by atoms with van der Waals surface area (Å²) in [4.78, 5) is 16.5. The van der Waals surface area contributed by atoms with E-state index in [4.69, 9.17) is 0 Å². The Bertz CT molecular complexity index is 482. The van der Waals surface area contributed by atoms with E-state index >= 15 is 0 Å². The van der Waals surface area contributed by atoms with Crippen LogP contribution in [-0.4, -0.2) is 20.7 Å². The van der Waals surface area contributed by atoms with Crippen molar-refractivity contribution >= 4 is 33.2 Å². The van der Waals surface area contributed by atoms with Gasteiger partial charge in [0.15, 0.2) is 0 Å². The maximum absolute atomic E-state index is 11.6. The fourth-order valence-corrected chi connectivity index (χ4v) is 2.71. The summed E-state index contributed by atoms with van der Waals surface area (Å²) < 4.78 is 2.68. The summed E-state index contributed by atoms with van der Waals surface area (Å²) in [7, 11) is 0. The van der Waals surface area contributed by atoms with Gasteiger partial charge in [0.05, 0.1) is 13.1 Å². The van der Waals surface area contributed by atoms with Gasteiger partial charge in [-0.05, 0) is 27.4 Å². The minimum Gasteiger partial charge on any atom is -0.351 e. The molecule has 2 aromatic rings. The zero-order chi connectivity index (χ0) is 12.1. The van der Waals surface area contributed by atoms with Gasteiger partial charge in [-0.1, -0.05) is 0 Å². The first kappa shape index (κ1) is 12.3. The van der Waals surface area contributed by atoms with E-state index in [1.807, 2.05) is 11.4 Å². The molecule has 0 spiro atoms. The number of aryl methyl sites for hydroxylation is 1. The van der Waals surface area contributed by atoms with E-state index in [1.165, 1.54) is 6.33 Å². The van der Waals surface area contributed by atoms with Gasteiger partial charge in [0.25, 0.3) is 0 Å². The first-order chi connectivity index (χ1) is 8.25. The number of hydrogen-bond acceptors (Lipinski definition) is 4. The Balaban J connectivity index is 1.73. The molecule has 1 N–H and O–H groups in total. The molecule has 0 aromatic carbocycles. The van der Waals surface area contributed by atoms with Crippen molar-refractivity contribution in [3.63, 3.8) is 0 Å². The number of nitrogens with zero attached hydrogens (tertiary/aromatic N) is 3. The lowest BCUT2D eigenvalue weighted by Gasteiger charge is -2.04. The highest BCUT2D eigenvalue weighted by Crippen LogP contribution is 2.22. The molecule has 7 heteroatoms. The SMILES string of the molecule is O=C(CCn1cncn1)NCc1sccc1Br. The van der Waals surface area contributed by atoms with E-state index in [1.54, 1.807) is 22.3 Å². The highest BCUT2D eigenvalue weighted by Gasteiger charge is 2.05. The predicted molar refractivity (Wildman–Crippen MR) is 68.5 cm³/mol. The summed E-state index contributed by atoms with van der Waals surface area (Å²) in [5.41, 5.74) is 0. The molecule has 0 saturated carbocycles. The van der Waals surface area contributed by atoms with Crippen LogP contribution in [0.15, 0.2) is 28.6 Å². The summed E-state index contributed by atoms with van der Waals surface area (Å²) in [5, 5.41) is 8.79. The molecule has 0 aliphatic rings. The number of carbonyl (C=O) groups is 1. The van der Waals surface area contributed by atoms with Crippen molar-refractivity contribution in [3.8, 4) is 0 Å². The van der Waals surface area contributed by atoms with Crippen LogP contribution in [0.4, 0.5) is 0 Å². The van der Waals surface area contributed by atoms with Crippen LogP contribution in [-0.2, 0) is 17.9 Å². The molecular weight excluding hydrogens is 304 g/mol. The lowest BCUT2D eigenvalue weighted by molar-refractivity contribution is -0.121. The standard InChI is InChI=1S/C10H11BrN4OS/c11-8-2-4-17-9(8)5-13-10(16)1-3-15-7-12-6-14-15/h2,4,6-7H,1,3,5H2,(H,13,16). The number of aromatic nitrogens is 3. The van der Waals surface area contributed by atoms with Crippen molar-refractivity contribution in [1.29, 1.82) is 0 Å². The third-order valence-electron chi connectivity index (χ3n) is 2.17. The monoisotopic (exact) mass is 314 g/mol. The molecule has 0 bridgehead atoms. The predicted octanol–water partition coefficient (Wildman–Crippen LogP) is 1.81. The Labute approximate surface area is 111 Å². The van der Waals surface area contributed by atoms with Gasteiger partial charge in [0.2, 0.25) is 5.91 Å². The number of hydrogen-bond donors (Lipinski definition) is 1. The Hall–Kier alpha value is -1.21. The van der Waals surface area contributed by atoms with Crippen molar-refractivity contribution in [2.24, 2.45) is 0 Å². The van der Waals surface area contributed by atoms with Gasteiger partial charge in [0.1, 0.15) is 12.7 Å². The molecular formula is C10H11BrN4OS. The minimum absolute atomic E-state index is 0.0146. The van der Waals surface area contributed by atoms with E-state index in [2.05, 4.69) is 31.3 Å². The maximum atomic E-state index is 11.6. The molecule has 0 aliphatic carbocycles. The van der Waals surface area contributed by atoms with Gasteiger partial charge in [-0.25, -0.2) is 4.98 Å². The molecule has 2 aromatic heterocycles. The average molecular weight is 315 g/mol. The number of thiophene rings is 1. The third-order valence-corrected chi connectivity index (χ3v) is 4.10. The fourth-order valence-electron chi connectivity index (χ4n) is 1.28. The number of halogens is 1. The third kappa shape index (κ3) is 3.64. The van der Waals surface area contributed by atoms with Crippen LogP contribution in [0.25, 0.3) is 0 Å². The largest absolute Gasteiger partial charge is 0.351 e. The van der Waals surface area contributed by atoms with E-state index in [9.17, 15) is 4.79 Å². The topological polar surface area (TPSA) is 59.8 Å². The molecule has 0 saturated heterocycles. The van der Waals surface area contributed by atoms with Gasteiger partial charge in [-0.15, -0.1) is 11.3 Å². The van der Waals surface area contributed by atoms with Gasteiger partial charge in [-0.2, -0.15) is 5.10 Å². The molecule has 2 rings (SSSR count). The summed E-state index contributed by atoms with van der Waals surface area (Å²) in [6.45, 7) is 1.12. The summed E-state index contributed by atoms with van der Waals surface area (Å²) >= 11 is 5.04. The zero-order valence-electron chi connectivity index (χ0n) is 8.97. The number of amides is 1. The Kier molecular flexibility index (Phi) is 4.27. The van der Waals surface area contributed by atoms with Gasteiger partial charge < -0.3 is 5.32 Å². The van der Waals surface area contributed by atoms with Crippen molar-refractivity contribution in [2.75, 3.05) is 0 Å². The minimum atomic E-state index is 0.0146. The molecule has 2 heterocycles. The second-order valence-corrected chi connectivity index (χ2v) is 5.23. The van der Waals surface area contributed by atoms with Crippen molar-refractivity contribution < 1.29 is 4.79 Å².